The number of aryl methyl sites for hydroxylation is 3. The van der Waals surface area contributed by atoms with E-state index in [-0.39, 0.29) is 19.0 Å². The second-order valence-electron chi connectivity index (χ2n) is 7.78. The zero-order chi connectivity index (χ0) is 22.1. The van der Waals surface area contributed by atoms with Crippen LogP contribution < -0.4 is 9.47 Å². The molecule has 3 aromatic rings. The summed E-state index contributed by atoms with van der Waals surface area (Å²) in [5, 5.41) is 0. The van der Waals surface area contributed by atoms with Crippen LogP contribution in [0, 0.1) is 27.7 Å². The predicted octanol–water partition coefficient (Wildman–Crippen LogP) is 4.28. The Bertz CT molecular complexity index is 1160. The Morgan fingerprint density at radius 3 is 2.48 bits per heavy atom. The van der Waals surface area contributed by atoms with Crippen molar-refractivity contribution in [2.45, 2.75) is 33.8 Å². The lowest BCUT2D eigenvalue weighted by molar-refractivity contribution is -0.153. The Morgan fingerprint density at radius 1 is 1.00 bits per heavy atom. The number of carbonyl (C=O) groups is 2. The summed E-state index contributed by atoms with van der Waals surface area (Å²) >= 11 is 0. The van der Waals surface area contributed by atoms with Crippen LogP contribution in [0.5, 0.6) is 11.5 Å². The van der Waals surface area contributed by atoms with Crippen LogP contribution in [-0.2, 0) is 9.53 Å². The van der Waals surface area contributed by atoms with Gasteiger partial charge in [-0.2, -0.15) is 0 Å². The number of esters is 1. The first kappa shape index (κ1) is 20.7. The van der Waals surface area contributed by atoms with Crippen molar-refractivity contribution in [3.05, 3.63) is 76.6 Å². The Hall–Kier alpha value is -3.54. The van der Waals surface area contributed by atoms with Crippen LogP contribution in [0.3, 0.4) is 0 Å². The Kier molecular flexibility index (Phi) is 5.55. The molecule has 1 aliphatic rings. The molecule has 0 amide bonds. The number of benzene rings is 2. The standard InChI is InChI=1S/C25H25NO5/c1-15-9-10-19(11-16(15)2)26-17(3)12-20(18(26)4)21(27)13-30-25(28)24-14-29-22-7-5-6-8-23(22)31-24/h5-12,24H,13-14H2,1-4H3. The van der Waals surface area contributed by atoms with Gasteiger partial charge in [-0.05, 0) is 69.2 Å². The van der Waals surface area contributed by atoms with Gasteiger partial charge in [-0.3, -0.25) is 4.79 Å². The van der Waals surface area contributed by atoms with Crippen molar-refractivity contribution in [1.82, 2.24) is 4.57 Å². The highest BCUT2D eigenvalue weighted by Crippen LogP contribution is 2.31. The van der Waals surface area contributed by atoms with E-state index in [2.05, 4.69) is 26.0 Å². The second kappa shape index (κ2) is 8.30. The van der Waals surface area contributed by atoms with Gasteiger partial charge >= 0.3 is 5.97 Å². The third-order valence-electron chi connectivity index (χ3n) is 5.60. The lowest BCUT2D eigenvalue weighted by atomic mass is 10.1. The summed E-state index contributed by atoms with van der Waals surface area (Å²) in [5.41, 5.74) is 5.69. The molecule has 0 N–H and O–H groups in total. The van der Waals surface area contributed by atoms with Crippen LogP contribution in [0.1, 0.15) is 32.9 Å². The van der Waals surface area contributed by atoms with Crippen molar-refractivity contribution in [2.24, 2.45) is 0 Å². The molecular formula is C25H25NO5. The van der Waals surface area contributed by atoms with Crippen LogP contribution in [0.4, 0.5) is 0 Å². The minimum Gasteiger partial charge on any atom is -0.485 e. The zero-order valence-corrected chi connectivity index (χ0v) is 18.1. The number of ether oxygens (including phenoxy) is 3. The summed E-state index contributed by atoms with van der Waals surface area (Å²) < 4.78 is 18.5. The van der Waals surface area contributed by atoms with Gasteiger partial charge in [0.25, 0.3) is 0 Å². The quantitative estimate of drug-likeness (QED) is 0.456. The number of nitrogens with zero attached hydrogens (tertiary/aromatic N) is 1. The topological polar surface area (TPSA) is 66.8 Å². The van der Waals surface area contributed by atoms with Gasteiger partial charge in [0.2, 0.25) is 11.9 Å². The third kappa shape index (κ3) is 4.06. The molecule has 1 atom stereocenters. The highest BCUT2D eigenvalue weighted by Gasteiger charge is 2.29. The second-order valence-corrected chi connectivity index (χ2v) is 7.78. The maximum Gasteiger partial charge on any atom is 0.351 e. The van der Waals surface area contributed by atoms with Gasteiger partial charge in [0.05, 0.1) is 0 Å². The molecule has 0 saturated heterocycles. The van der Waals surface area contributed by atoms with Crippen molar-refractivity contribution in [2.75, 3.05) is 13.2 Å². The number of para-hydroxylation sites is 2. The third-order valence-corrected chi connectivity index (χ3v) is 5.60. The number of hydrogen-bond donors (Lipinski definition) is 0. The van der Waals surface area contributed by atoms with Gasteiger partial charge in [0, 0.05) is 22.6 Å². The summed E-state index contributed by atoms with van der Waals surface area (Å²) in [5.74, 6) is 0.194. The Balaban J connectivity index is 1.45. The number of rotatable bonds is 5. The number of fused-ring (bicyclic) bond motifs is 1. The molecule has 1 aromatic heterocycles. The molecule has 1 aliphatic heterocycles. The summed E-state index contributed by atoms with van der Waals surface area (Å²) in [6.45, 7) is 7.68. The first-order valence-corrected chi connectivity index (χ1v) is 10.2. The molecule has 4 rings (SSSR count). The SMILES string of the molecule is Cc1ccc(-n2c(C)cc(C(=O)COC(=O)C3COc4ccccc4O3)c2C)cc1C. The van der Waals surface area contributed by atoms with E-state index < -0.39 is 12.1 Å². The predicted molar refractivity (Wildman–Crippen MR) is 116 cm³/mol. The highest BCUT2D eigenvalue weighted by atomic mass is 16.6. The monoisotopic (exact) mass is 419 g/mol. The fourth-order valence-corrected chi connectivity index (χ4v) is 3.75. The number of ketones is 1. The minimum atomic E-state index is -0.898. The maximum absolute atomic E-state index is 12.8. The summed E-state index contributed by atoms with van der Waals surface area (Å²) in [6, 6.07) is 15.1. The van der Waals surface area contributed by atoms with Crippen LogP contribution in [-0.4, -0.2) is 35.6 Å². The van der Waals surface area contributed by atoms with E-state index in [1.165, 1.54) is 11.1 Å². The zero-order valence-electron chi connectivity index (χ0n) is 18.1. The maximum atomic E-state index is 12.8. The molecule has 31 heavy (non-hydrogen) atoms. The van der Waals surface area contributed by atoms with Crippen LogP contribution in [0.25, 0.3) is 5.69 Å². The van der Waals surface area contributed by atoms with Gasteiger partial charge < -0.3 is 18.8 Å². The molecule has 2 aromatic carbocycles. The van der Waals surface area contributed by atoms with Crippen molar-refractivity contribution in [3.63, 3.8) is 0 Å². The molecule has 0 fully saturated rings. The molecule has 0 radical (unpaired) electrons. The average Bonchev–Trinajstić information content (AvgIpc) is 3.07. The average molecular weight is 419 g/mol. The van der Waals surface area contributed by atoms with Crippen LogP contribution in [0.2, 0.25) is 0 Å². The Labute approximate surface area is 181 Å². The first-order valence-electron chi connectivity index (χ1n) is 10.2. The van der Waals surface area contributed by atoms with E-state index in [1.54, 1.807) is 18.2 Å². The summed E-state index contributed by atoms with van der Waals surface area (Å²) in [7, 11) is 0. The summed E-state index contributed by atoms with van der Waals surface area (Å²) in [4.78, 5) is 25.2. The normalized spacial score (nSPS) is 14.9. The molecule has 0 aliphatic carbocycles. The van der Waals surface area contributed by atoms with Gasteiger partial charge in [0.1, 0.15) is 6.61 Å². The number of Topliss-reactive ketones (excluding diaryl/α,β-unsaturated/α-hetero) is 1. The summed E-state index contributed by atoms with van der Waals surface area (Å²) in [6.07, 6.45) is -0.898. The molecule has 0 bridgehead atoms. The van der Waals surface area contributed by atoms with E-state index >= 15 is 0 Å². The fourth-order valence-electron chi connectivity index (χ4n) is 3.75. The molecular weight excluding hydrogens is 394 g/mol. The van der Waals surface area contributed by atoms with Gasteiger partial charge in [-0.25, -0.2) is 4.79 Å². The number of aromatic nitrogens is 1. The van der Waals surface area contributed by atoms with Crippen molar-refractivity contribution in [3.8, 4) is 17.2 Å². The number of carbonyl (C=O) groups excluding carboxylic acids is 2. The van der Waals surface area contributed by atoms with Gasteiger partial charge in [-0.1, -0.05) is 18.2 Å². The smallest absolute Gasteiger partial charge is 0.351 e. The van der Waals surface area contributed by atoms with E-state index in [1.807, 2.05) is 36.6 Å². The lowest BCUT2D eigenvalue weighted by Crippen LogP contribution is -2.38. The van der Waals surface area contributed by atoms with Crippen LogP contribution in [0.15, 0.2) is 48.5 Å². The van der Waals surface area contributed by atoms with Crippen molar-refractivity contribution >= 4 is 11.8 Å². The van der Waals surface area contributed by atoms with Gasteiger partial charge in [0.15, 0.2) is 18.1 Å². The molecule has 6 nitrogen and oxygen atoms in total. The fraction of sp³-hybridized carbons (Fsp3) is 0.280. The molecule has 160 valence electrons. The van der Waals surface area contributed by atoms with E-state index in [0.717, 1.165) is 17.1 Å². The molecule has 1 unspecified atom stereocenters. The van der Waals surface area contributed by atoms with Crippen molar-refractivity contribution in [1.29, 1.82) is 0 Å². The largest absolute Gasteiger partial charge is 0.485 e. The molecule has 0 spiro atoms. The van der Waals surface area contributed by atoms with E-state index in [0.29, 0.717) is 17.1 Å². The number of hydrogen-bond acceptors (Lipinski definition) is 5. The first-order chi connectivity index (χ1) is 14.8. The minimum absolute atomic E-state index is 0.0469. The van der Waals surface area contributed by atoms with E-state index in [4.69, 9.17) is 14.2 Å². The lowest BCUT2D eigenvalue weighted by Gasteiger charge is -2.24. The molecule has 0 saturated carbocycles. The van der Waals surface area contributed by atoms with Crippen LogP contribution >= 0.6 is 0 Å². The van der Waals surface area contributed by atoms with E-state index in [9.17, 15) is 9.59 Å². The van der Waals surface area contributed by atoms with Gasteiger partial charge in [-0.15, -0.1) is 0 Å². The highest BCUT2D eigenvalue weighted by molar-refractivity contribution is 5.99. The molecule has 6 heteroatoms. The Morgan fingerprint density at radius 2 is 1.74 bits per heavy atom. The van der Waals surface area contributed by atoms with Crippen molar-refractivity contribution < 1.29 is 23.8 Å². The molecule has 2 heterocycles.